The van der Waals surface area contributed by atoms with E-state index in [-0.39, 0.29) is 24.8 Å². The Morgan fingerprint density at radius 2 is 2.13 bits per heavy atom. The number of rotatable bonds is 8. The molecule has 4 aliphatic rings. The number of hydrogen-bond acceptors (Lipinski definition) is 9. The van der Waals surface area contributed by atoms with Crippen LogP contribution >= 0.6 is 0 Å². The Morgan fingerprint density at radius 3 is 2.77 bits per heavy atom. The lowest BCUT2D eigenvalue weighted by Crippen LogP contribution is -2.77. The lowest BCUT2D eigenvalue weighted by molar-refractivity contribution is -0.371. The van der Waals surface area contributed by atoms with E-state index in [2.05, 4.69) is 11.6 Å². The van der Waals surface area contributed by atoms with E-state index in [1.807, 2.05) is 13.0 Å². The van der Waals surface area contributed by atoms with Gasteiger partial charge in [-0.15, -0.1) is 6.58 Å². The standard InChI is InChI=1S/C28H35NO10/c1-4-14-10-18-19-8-9-27(35)25(34)28(19,37-13-20(18)29-14)22(12-30)39-26(27)38-21-7-6-16(24(33)36-3)17(11-23(31)32)15(21)5-2/h5-6,10,13,15,17,21-22,25-26,29-30,34-35H,2,4,7-9,11-12H2,1,3H3,(H,31,32)/t15-,17+,21-,22-,25-,26-,27-,28-/m1/s1. The van der Waals surface area contributed by atoms with Crippen molar-refractivity contribution < 1.29 is 49.0 Å². The number of ether oxygens (including phenoxy) is 4. The van der Waals surface area contributed by atoms with E-state index >= 15 is 0 Å². The molecule has 0 unspecified atom stereocenters. The summed E-state index contributed by atoms with van der Waals surface area (Å²) in [5.41, 5.74) is -1.47. The summed E-state index contributed by atoms with van der Waals surface area (Å²) in [6, 6.07) is 1.99. The maximum Gasteiger partial charge on any atom is 0.333 e. The molecule has 1 saturated carbocycles. The molecule has 2 aliphatic carbocycles. The minimum Gasteiger partial charge on any atom is -0.483 e. The molecular weight excluding hydrogens is 510 g/mol. The fourth-order valence-electron chi connectivity index (χ4n) is 6.71. The number of carboxylic acids is 1. The highest BCUT2D eigenvalue weighted by atomic mass is 16.7. The number of esters is 1. The van der Waals surface area contributed by atoms with Crippen molar-refractivity contribution in [2.75, 3.05) is 13.7 Å². The van der Waals surface area contributed by atoms with E-state index in [4.69, 9.17) is 18.9 Å². The minimum absolute atomic E-state index is 0.0940. The summed E-state index contributed by atoms with van der Waals surface area (Å²) in [6.45, 7) is 5.33. The topological polar surface area (TPSA) is 168 Å². The highest BCUT2D eigenvalue weighted by Gasteiger charge is 2.69. The molecule has 1 saturated heterocycles. The molecule has 5 N–H and O–H groups in total. The van der Waals surface area contributed by atoms with E-state index < -0.39 is 66.2 Å². The summed E-state index contributed by atoms with van der Waals surface area (Å²) in [7, 11) is 1.22. The van der Waals surface area contributed by atoms with E-state index in [0.717, 1.165) is 28.3 Å². The van der Waals surface area contributed by atoms with Gasteiger partial charge in [-0.25, -0.2) is 4.79 Å². The maximum absolute atomic E-state index is 12.4. The van der Waals surface area contributed by atoms with Crippen molar-refractivity contribution in [1.82, 2.24) is 4.98 Å². The number of nitrogens with one attached hydrogen (secondary N) is 1. The second kappa shape index (κ2) is 10.2. The zero-order valence-corrected chi connectivity index (χ0v) is 22.0. The highest BCUT2D eigenvalue weighted by molar-refractivity contribution is 5.90. The predicted octanol–water partition coefficient (Wildman–Crippen LogP) is -0.381. The number of aliphatic hydroxyl groups is 3. The third-order valence-electron chi connectivity index (χ3n) is 8.70. The van der Waals surface area contributed by atoms with Gasteiger partial charge in [-0.1, -0.05) is 19.1 Å². The Balaban J connectivity index is 1.49. The average Bonchev–Trinajstić information content (AvgIpc) is 3.35. The van der Waals surface area contributed by atoms with Gasteiger partial charge in [0, 0.05) is 28.3 Å². The van der Waals surface area contributed by atoms with Crippen LogP contribution in [0.2, 0.25) is 0 Å². The van der Waals surface area contributed by atoms with Gasteiger partial charge >= 0.3 is 11.9 Å². The predicted molar refractivity (Wildman–Crippen MR) is 136 cm³/mol. The quantitative estimate of drug-likeness (QED) is 0.215. The molecule has 1 spiro atoms. The van der Waals surface area contributed by atoms with Gasteiger partial charge in [0.15, 0.2) is 11.9 Å². The van der Waals surface area contributed by atoms with Crippen LogP contribution in [0.3, 0.4) is 0 Å². The first-order valence-electron chi connectivity index (χ1n) is 13.2. The van der Waals surface area contributed by atoms with E-state index in [9.17, 15) is 30.0 Å². The molecule has 39 heavy (non-hydrogen) atoms. The third kappa shape index (κ3) is 4.15. The molecule has 1 aromatic rings. The summed E-state index contributed by atoms with van der Waals surface area (Å²) >= 11 is 0. The van der Waals surface area contributed by atoms with Gasteiger partial charge in [-0.2, -0.15) is 0 Å². The van der Waals surface area contributed by atoms with Crippen LogP contribution in [0.1, 0.15) is 38.3 Å². The van der Waals surface area contributed by atoms with E-state index in [1.54, 1.807) is 6.08 Å². The van der Waals surface area contributed by atoms with E-state index in [0.29, 0.717) is 6.42 Å². The summed E-state index contributed by atoms with van der Waals surface area (Å²) in [5.74, 6) is -3.15. The summed E-state index contributed by atoms with van der Waals surface area (Å²) in [4.78, 5) is 27.3. The number of aliphatic hydroxyl groups excluding tert-OH is 2. The van der Waals surface area contributed by atoms with Crippen LogP contribution in [0.15, 0.2) is 30.4 Å². The van der Waals surface area contributed by atoms with Gasteiger partial charge in [0.1, 0.15) is 24.1 Å². The zero-order valence-electron chi connectivity index (χ0n) is 22.0. The lowest BCUT2D eigenvalue weighted by Gasteiger charge is -2.59. The number of aryl methyl sites for hydroxylation is 1. The number of carbonyl (C=O) groups is 2. The molecule has 212 valence electrons. The first-order valence-corrected chi connectivity index (χ1v) is 13.2. The number of fused-ring (bicyclic) bond motifs is 2. The van der Waals surface area contributed by atoms with Crippen molar-refractivity contribution >= 4 is 23.8 Å². The number of aromatic nitrogens is 1. The van der Waals surface area contributed by atoms with Crippen molar-refractivity contribution in [2.45, 2.75) is 74.8 Å². The number of hydrogen-bond donors (Lipinski definition) is 5. The van der Waals surface area contributed by atoms with Crippen LogP contribution < -0.4 is 10.6 Å². The normalized spacial score (nSPS) is 36.9. The molecule has 0 amide bonds. The van der Waals surface area contributed by atoms with Crippen LogP contribution in [0.4, 0.5) is 0 Å². The van der Waals surface area contributed by atoms with Crippen LogP contribution in [0, 0.1) is 11.8 Å². The number of H-pyrrole nitrogens is 1. The molecule has 3 heterocycles. The fraction of sp³-hybridized carbons (Fsp3) is 0.571. The third-order valence-corrected chi connectivity index (χ3v) is 8.70. The average molecular weight is 546 g/mol. The fourth-order valence-corrected chi connectivity index (χ4v) is 6.71. The van der Waals surface area contributed by atoms with Gasteiger partial charge in [0.2, 0.25) is 0 Å². The Hall–Kier alpha value is -2.96. The van der Waals surface area contributed by atoms with Crippen molar-refractivity contribution in [2.24, 2.45) is 11.8 Å². The number of aliphatic carboxylic acids is 1. The van der Waals surface area contributed by atoms with Gasteiger partial charge in [0.25, 0.3) is 0 Å². The number of carbonyl (C=O) groups excluding carboxylic acids is 1. The van der Waals surface area contributed by atoms with Crippen molar-refractivity contribution in [3.8, 4) is 0 Å². The van der Waals surface area contributed by atoms with Crippen molar-refractivity contribution in [1.29, 1.82) is 0 Å². The Bertz CT molecular complexity index is 1320. The lowest BCUT2D eigenvalue weighted by atomic mass is 9.63. The van der Waals surface area contributed by atoms with Crippen LogP contribution in [-0.4, -0.2) is 86.9 Å². The molecule has 2 bridgehead atoms. The molecule has 11 heteroatoms. The Morgan fingerprint density at radius 1 is 1.36 bits per heavy atom. The first kappa shape index (κ1) is 27.6. The van der Waals surface area contributed by atoms with Crippen molar-refractivity contribution in [3.05, 3.63) is 46.6 Å². The van der Waals surface area contributed by atoms with Crippen LogP contribution in [0.25, 0.3) is 11.8 Å². The number of aromatic amines is 1. The SMILES string of the molecule is C=C[C@@H]1[C@H](CC(=O)O)C(C(=O)OC)=CC[C@H]1O[C@@H]1O[C@H](CO)[C@]23OC=c4[nH]c(CC)cc4=C2CC[C@@]1(O)[C@H]3O. The molecular formula is C28H35NO10. The molecule has 1 aromatic heterocycles. The first-order chi connectivity index (χ1) is 18.6. The second-order valence-electron chi connectivity index (χ2n) is 10.6. The largest absolute Gasteiger partial charge is 0.483 e. The van der Waals surface area contributed by atoms with Crippen LogP contribution in [-0.2, 0) is 35.0 Å². The second-order valence-corrected chi connectivity index (χ2v) is 10.6. The molecule has 0 radical (unpaired) electrons. The Kier molecular flexibility index (Phi) is 7.23. The maximum atomic E-state index is 12.4. The smallest absolute Gasteiger partial charge is 0.333 e. The van der Waals surface area contributed by atoms with Gasteiger partial charge < -0.3 is 44.4 Å². The van der Waals surface area contributed by atoms with Gasteiger partial charge in [-0.05, 0) is 37.3 Å². The van der Waals surface area contributed by atoms with Gasteiger partial charge in [0.05, 0.1) is 31.6 Å². The molecule has 2 fully saturated rings. The Labute approximate surface area is 225 Å². The number of methoxy groups -OCH3 is 1. The summed E-state index contributed by atoms with van der Waals surface area (Å²) < 4.78 is 23.4. The summed E-state index contributed by atoms with van der Waals surface area (Å²) in [5, 5.41) is 45.1. The van der Waals surface area contributed by atoms with E-state index in [1.165, 1.54) is 19.4 Å². The highest BCUT2D eigenvalue weighted by Crippen LogP contribution is 2.52. The number of carboxylic acid groups (broad SMARTS) is 1. The molecule has 0 aromatic carbocycles. The van der Waals surface area contributed by atoms with Gasteiger partial charge in [-0.3, -0.25) is 4.79 Å². The van der Waals surface area contributed by atoms with Crippen molar-refractivity contribution in [3.63, 3.8) is 0 Å². The van der Waals surface area contributed by atoms with Crippen LogP contribution in [0.5, 0.6) is 0 Å². The minimum atomic E-state index is -1.90. The molecule has 8 atom stereocenters. The molecule has 2 aliphatic heterocycles. The zero-order chi connectivity index (χ0) is 28.1. The monoisotopic (exact) mass is 545 g/mol. The molecule has 5 rings (SSSR count). The molecule has 11 nitrogen and oxygen atoms in total. The summed E-state index contributed by atoms with van der Waals surface area (Å²) in [6.07, 6.45) is 0.953.